The zero-order valence-corrected chi connectivity index (χ0v) is 14.3. The van der Waals surface area contributed by atoms with E-state index in [0.717, 1.165) is 6.07 Å². The van der Waals surface area contributed by atoms with Crippen molar-refractivity contribution in [2.75, 3.05) is 5.32 Å². The summed E-state index contributed by atoms with van der Waals surface area (Å²) in [7, 11) is 0. The fourth-order valence-corrected chi connectivity index (χ4v) is 2.27. The minimum atomic E-state index is -4.86. The average molecular weight is 419 g/mol. The Labute approximate surface area is 149 Å². The first-order valence-corrected chi connectivity index (χ1v) is 7.67. The summed E-state index contributed by atoms with van der Waals surface area (Å²) >= 11 is 8.02. The molecular weight excluding hydrogens is 409 g/mol. The van der Waals surface area contributed by atoms with E-state index in [1.54, 1.807) is 30.3 Å². The molecule has 2 aromatic carbocycles. The largest absolute Gasteiger partial charge is 0.573 e. The lowest BCUT2D eigenvalue weighted by Gasteiger charge is -2.15. The number of carbonyl (C=O) groups is 1. The van der Waals surface area contributed by atoms with Crippen LogP contribution in [0.25, 0.3) is 0 Å². The number of alkyl halides is 3. The van der Waals surface area contributed by atoms with Crippen LogP contribution in [0.5, 0.6) is 5.75 Å². The van der Waals surface area contributed by atoms with Crippen LogP contribution in [0, 0.1) is 0 Å². The Morgan fingerprint density at radius 3 is 2.42 bits per heavy atom. The van der Waals surface area contributed by atoms with Crippen LogP contribution in [0.3, 0.4) is 0 Å². The molecule has 0 heterocycles. The van der Waals surface area contributed by atoms with E-state index in [2.05, 4.69) is 31.3 Å². The van der Waals surface area contributed by atoms with Crippen LogP contribution in [0.1, 0.15) is 10.4 Å². The number of benzene rings is 2. The summed E-state index contributed by atoms with van der Waals surface area (Å²) in [6, 6.07) is 12.2. The minimum absolute atomic E-state index is 0.0334. The van der Waals surface area contributed by atoms with Crippen LogP contribution < -0.4 is 15.4 Å². The summed E-state index contributed by atoms with van der Waals surface area (Å²) < 4.78 is 41.7. The molecule has 0 saturated heterocycles. The lowest BCUT2D eigenvalue weighted by molar-refractivity contribution is -0.274. The van der Waals surface area contributed by atoms with Gasteiger partial charge in [0, 0.05) is 10.0 Å². The van der Waals surface area contributed by atoms with Crippen molar-refractivity contribution < 1.29 is 22.7 Å². The number of ether oxygens (including phenoxy) is 1. The Bertz CT molecular complexity index is 754. The normalized spacial score (nSPS) is 10.8. The summed E-state index contributed by atoms with van der Waals surface area (Å²) in [4.78, 5) is 12.0. The van der Waals surface area contributed by atoms with Crippen molar-refractivity contribution in [3.05, 3.63) is 58.6 Å². The van der Waals surface area contributed by atoms with Crippen LogP contribution in [0.2, 0.25) is 0 Å². The van der Waals surface area contributed by atoms with Crippen LogP contribution in [-0.4, -0.2) is 17.4 Å². The smallest absolute Gasteiger partial charge is 0.404 e. The van der Waals surface area contributed by atoms with Gasteiger partial charge in [-0.25, -0.2) is 0 Å². The zero-order chi connectivity index (χ0) is 17.7. The van der Waals surface area contributed by atoms with E-state index < -0.39 is 18.0 Å². The lowest BCUT2D eigenvalue weighted by Crippen LogP contribution is -2.34. The molecule has 126 valence electrons. The number of amides is 1. The molecule has 9 heteroatoms. The molecule has 0 saturated carbocycles. The molecule has 0 spiro atoms. The molecule has 0 aromatic heterocycles. The number of nitrogens with one attached hydrogen (secondary N) is 2. The molecular formula is C15H10BrF3N2O2S. The van der Waals surface area contributed by atoms with Gasteiger partial charge in [0.25, 0.3) is 5.91 Å². The molecule has 4 nitrogen and oxygen atoms in total. The molecule has 0 atom stereocenters. The molecule has 2 rings (SSSR count). The van der Waals surface area contributed by atoms with Gasteiger partial charge in [-0.15, -0.1) is 13.2 Å². The van der Waals surface area contributed by atoms with Gasteiger partial charge in [0.1, 0.15) is 0 Å². The number of anilines is 1. The summed E-state index contributed by atoms with van der Waals surface area (Å²) in [5, 5.41) is 4.74. The Hall–Kier alpha value is -2.13. The van der Waals surface area contributed by atoms with Crippen LogP contribution in [-0.2, 0) is 0 Å². The van der Waals surface area contributed by atoms with Gasteiger partial charge in [0.05, 0.1) is 5.69 Å². The van der Waals surface area contributed by atoms with Gasteiger partial charge in [-0.3, -0.25) is 10.1 Å². The minimum Gasteiger partial charge on any atom is -0.404 e. The molecule has 0 fully saturated rings. The number of rotatable bonds is 3. The van der Waals surface area contributed by atoms with Crippen molar-refractivity contribution in [1.82, 2.24) is 5.32 Å². The van der Waals surface area contributed by atoms with Crippen molar-refractivity contribution in [2.24, 2.45) is 0 Å². The van der Waals surface area contributed by atoms with E-state index in [-0.39, 0.29) is 10.8 Å². The topological polar surface area (TPSA) is 50.4 Å². The lowest BCUT2D eigenvalue weighted by atomic mass is 10.2. The van der Waals surface area contributed by atoms with Crippen LogP contribution >= 0.6 is 28.1 Å². The van der Waals surface area contributed by atoms with E-state index in [0.29, 0.717) is 10.0 Å². The number of halogens is 4. The Kier molecular flexibility index (Phi) is 5.79. The highest BCUT2D eigenvalue weighted by Crippen LogP contribution is 2.32. The summed E-state index contributed by atoms with van der Waals surface area (Å²) in [6.07, 6.45) is -4.86. The average Bonchev–Trinajstić information content (AvgIpc) is 2.49. The number of hydrogen-bond acceptors (Lipinski definition) is 3. The van der Waals surface area contributed by atoms with Gasteiger partial charge >= 0.3 is 6.36 Å². The highest BCUT2D eigenvalue weighted by molar-refractivity contribution is 9.10. The van der Waals surface area contributed by atoms with Gasteiger partial charge in [0.2, 0.25) is 0 Å². The summed E-state index contributed by atoms with van der Waals surface area (Å²) in [5.74, 6) is -0.961. The second kappa shape index (κ2) is 7.63. The summed E-state index contributed by atoms with van der Waals surface area (Å²) in [6.45, 7) is 0. The Morgan fingerprint density at radius 2 is 1.79 bits per heavy atom. The van der Waals surface area contributed by atoms with Crippen molar-refractivity contribution in [3.8, 4) is 5.75 Å². The highest BCUT2D eigenvalue weighted by Gasteiger charge is 2.32. The second-order valence-corrected chi connectivity index (χ2v) is 5.79. The third kappa shape index (κ3) is 5.50. The van der Waals surface area contributed by atoms with Gasteiger partial charge < -0.3 is 10.1 Å². The van der Waals surface area contributed by atoms with Crippen LogP contribution in [0.4, 0.5) is 18.9 Å². The predicted molar refractivity (Wildman–Crippen MR) is 91.0 cm³/mol. The maximum atomic E-state index is 12.5. The van der Waals surface area contributed by atoms with Gasteiger partial charge in [-0.05, 0) is 42.5 Å². The molecule has 0 bridgehead atoms. The molecule has 2 aromatic rings. The quantitative estimate of drug-likeness (QED) is 0.721. The molecule has 0 unspecified atom stereocenters. The predicted octanol–water partition coefficient (Wildman–Crippen LogP) is 4.47. The van der Waals surface area contributed by atoms with E-state index >= 15 is 0 Å². The molecule has 0 radical (unpaired) electrons. The first-order valence-electron chi connectivity index (χ1n) is 6.47. The first-order chi connectivity index (χ1) is 11.2. The van der Waals surface area contributed by atoms with Crippen molar-refractivity contribution in [1.29, 1.82) is 0 Å². The number of carbonyl (C=O) groups excluding carboxylic acids is 1. The van der Waals surface area contributed by atoms with Gasteiger partial charge in [-0.1, -0.05) is 34.1 Å². The maximum Gasteiger partial charge on any atom is 0.573 e. The van der Waals surface area contributed by atoms with Gasteiger partial charge in [0.15, 0.2) is 10.9 Å². The first kappa shape index (κ1) is 18.2. The molecule has 24 heavy (non-hydrogen) atoms. The van der Waals surface area contributed by atoms with Crippen molar-refractivity contribution >= 4 is 44.9 Å². The van der Waals surface area contributed by atoms with E-state index in [4.69, 9.17) is 12.2 Å². The Morgan fingerprint density at radius 1 is 1.12 bits per heavy atom. The van der Waals surface area contributed by atoms with E-state index in [1.807, 2.05) is 0 Å². The van der Waals surface area contributed by atoms with E-state index in [9.17, 15) is 18.0 Å². The summed E-state index contributed by atoms with van der Waals surface area (Å²) in [5.41, 5.74) is 0.332. The van der Waals surface area contributed by atoms with Gasteiger partial charge in [-0.2, -0.15) is 0 Å². The fourth-order valence-electron chi connectivity index (χ4n) is 1.73. The SMILES string of the molecule is O=C(NC(=S)Nc1ccc(Br)cc1OC(F)(F)F)c1ccccc1. The van der Waals surface area contributed by atoms with Crippen LogP contribution in [0.15, 0.2) is 53.0 Å². The second-order valence-electron chi connectivity index (χ2n) is 4.46. The molecule has 0 aliphatic rings. The number of thiocarbonyl (C=S) groups is 1. The standard InChI is InChI=1S/C15H10BrF3N2O2S/c16-10-6-7-11(12(8-10)23-15(17,18)19)20-14(24)21-13(22)9-4-2-1-3-5-9/h1-8H,(H2,20,21,22,24). The third-order valence-electron chi connectivity index (χ3n) is 2.68. The van der Waals surface area contributed by atoms with E-state index in [1.165, 1.54) is 12.1 Å². The maximum absolute atomic E-state index is 12.5. The zero-order valence-electron chi connectivity index (χ0n) is 11.9. The molecule has 0 aliphatic carbocycles. The monoisotopic (exact) mass is 418 g/mol. The molecule has 0 aliphatic heterocycles. The fraction of sp³-hybridized carbons (Fsp3) is 0.0667. The third-order valence-corrected chi connectivity index (χ3v) is 3.38. The number of hydrogen-bond donors (Lipinski definition) is 2. The van der Waals surface area contributed by atoms with Crippen molar-refractivity contribution in [2.45, 2.75) is 6.36 Å². The molecule has 1 amide bonds. The Balaban J connectivity index is 2.10. The van der Waals surface area contributed by atoms with Crippen molar-refractivity contribution in [3.63, 3.8) is 0 Å². The highest BCUT2D eigenvalue weighted by atomic mass is 79.9. The molecule has 2 N–H and O–H groups in total.